The Morgan fingerprint density at radius 1 is 1.36 bits per heavy atom. The van der Waals surface area contributed by atoms with Crippen LogP contribution in [0.15, 0.2) is 30.0 Å². The third kappa shape index (κ3) is 5.16. The van der Waals surface area contributed by atoms with Gasteiger partial charge in [-0.05, 0) is 31.0 Å². The molecule has 1 heterocycles. The molecule has 1 aromatic rings. The number of nitrogens with one attached hydrogen (secondary N) is 1. The van der Waals surface area contributed by atoms with Gasteiger partial charge in [-0.25, -0.2) is 8.42 Å². The summed E-state index contributed by atoms with van der Waals surface area (Å²) >= 11 is 0. The zero-order valence-electron chi connectivity index (χ0n) is 16.4. The van der Waals surface area contributed by atoms with Crippen LogP contribution in [0.2, 0.25) is 0 Å². The number of carbonyl (C=O) groups excluding carboxylic acids is 1. The number of ether oxygens (including phenoxy) is 2. The molecule has 9 heteroatoms. The first-order valence-corrected chi connectivity index (χ1v) is 10.6. The van der Waals surface area contributed by atoms with Crippen LogP contribution in [0, 0.1) is 11.3 Å². The van der Waals surface area contributed by atoms with Gasteiger partial charge in [0.25, 0.3) is 5.91 Å². The molecule has 0 spiro atoms. The normalized spacial score (nSPS) is 19.4. The van der Waals surface area contributed by atoms with E-state index in [9.17, 15) is 18.5 Å². The first-order chi connectivity index (χ1) is 13.2. The molecule has 8 nitrogen and oxygen atoms in total. The zero-order valence-corrected chi connectivity index (χ0v) is 17.2. The van der Waals surface area contributed by atoms with E-state index in [4.69, 9.17) is 9.47 Å². The SMILES string of the molecule is COc1ccc(C(C)NC(=O)/C(C#N)=C\N(C)C2CCS(=O)(=O)C2)cc1OC. The molecule has 28 heavy (non-hydrogen) atoms. The summed E-state index contributed by atoms with van der Waals surface area (Å²) in [7, 11) is 1.70. The molecule has 1 N–H and O–H groups in total. The summed E-state index contributed by atoms with van der Waals surface area (Å²) < 4.78 is 33.7. The van der Waals surface area contributed by atoms with Gasteiger partial charge < -0.3 is 19.7 Å². The molecule has 2 unspecified atom stereocenters. The summed E-state index contributed by atoms with van der Waals surface area (Å²) in [6, 6.07) is 6.59. The average Bonchev–Trinajstić information content (AvgIpc) is 3.04. The molecule has 1 aromatic carbocycles. The van der Waals surface area contributed by atoms with E-state index in [0.29, 0.717) is 17.9 Å². The topological polar surface area (TPSA) is 109 Å². The van der Waals surface area contributed by atoms with Crippen LogP contribution in [0.3, 0.4) is 0 Å². The Bertz CT molecular complexity index is 905. The second-order valence-corrected chi connectivity index (χ2v) is 8.92. The maximum atomic E-state index is 12.5. The third-order valence-corrected chi connectivity index (χ3v) is 6.49. The molecular formula is C19H25N3O5S. The van der Waals surface area contributed by atoms with Gasteiger partial charge in [0, 0.05) is 19.3 Å². The largest absolute Gasteiger partial charge is 0.493 e. The van der Waals surface area contributed by atoms with Crippen molar-refractivity contribution >= 4 is 15.7 Å². The van der Waals surface area contributed by atoms with Gasteiger partial charge in [0.05, 0.1) is 31.8 Å². The van der Waals surface area contributed by atoms with Crippen LogP contribution in [-0.4, -0.2) is 58.0 Å². The Labute approximate surface area is 165 Å². The Hall–Kier alpha value is -2.73. The minimum Gasteiger partial charge on any atom is -0.493 e. The molecule has 2 atom stereocenters. The molecule has 0 aromatic heterocycles. The Balaban J connectivity index is 2.10. The molecule has 0 saturated carbocycles. The second kappa shape index (κ2) is 8.97. The fourth-order valence-electron chi connectivity index (χ4n) is 3.02. The van der Waals surface area contributed by atoms with Gasteiger partial charge in [-0.15, -0.1) is 0 Å². The van der Waals surface area contributed by atoms with Crippen molar-refractivity contribution in [3.63, 3.8) is 0 Å². The van der Waals surface area contributed by atoms with Crippen molar-refractivity contribution in [2.75, 3.05) is 32.8 Å². The number of benzene rings is 1. The van der Waals surface area contributed by atoms with Crippen LogP contribution >= 0.6 is 0 Å². The van der Waals surface area contributed by atoms with E-state index in [1.807, 2.05) is 6.07 Å². The lowest BCUT2D eigenvalue weighted by molar-refractivity contribution is -0.117. The lowest BCUT2D eigenvalue weighted by atomic mass is 10.1. The lowest BCUT2D eigenvalue weighted by Crippen LogP contribution is -2.32. The second-order valence-electron chi connectivity index (χ2n) is 6.69. The summed E-state index contributed by atoms with van der Waals surface area (Å²) in [4.78, 5) is 14.1. The highest BCUT2D eigenvalue weighted by molar-refractivity contribution is 7.91. The Kier molecular flexibility index (Phi) is 6.91. The molecular weight excluding hydrogens is 382 g/mol. The van der Waals surface area contributed by atoms with Crippen LogP contribution in [0.4, 0.5) is 0 Å². The van der Waals surface area contributed by atoms with Crippen LogP contribution in [-0.2, 0) is 14.6 Å². The summed E-state index contributed by atoms with van der Waals surface area (Å²) in [5, 5.41) is 12.1. The zero-order chi connectivity index (χ0) is 20.9. The number of hydrogen-bond donors (Lipinski definition) is 1. The van der Waals surface area contributed by atoms with Gasteiger partial charge in [-0.3, -0.25) is 4.79 Å². The summed E-state index contributed by atoms with van der Waals surface area (Å²) in [5.41, 5.74) is 0.706. The highest BCUT2D eigenvalue weighted by Gasteiger charge is 2.30. The third-order valence-electron chi connectivity index (χ3n) is 4.74. The highest BCUT2D eigenvalue weighted by Crippen LogP contribution is 2.30. The number of nitriles is 1. The Morgan fingerprint density at radius 2 is 2.04 bits per heavy atom. The standard InChI is InChI=1S/C19H25N3O5S/c1-13(14-5-6-17(26-3)18(9-14)27-4)21-19(23)15(10-20)11-22(2)16-7-8-28(24,25)12-16/h5-6,9,11,13,16H,7-8,12H2,1-4H3,(H,21,23)/b15-11-. The van der Waals surface area contributed by atoms with Crippen LogP contribution in [0.5, 0.6) is 11.5 Å². The number of amides is 1. The van der Waals surface area contributed by atoms with E-state index in [0.717, 1.165) is 5.56 Å². The van der Waals surface area contributed by atoms with E-state index < -0.39 is 15.7 Å². The fraction of sp³-hybridized carbons (Fsp3) is 0.474. The van der Waals surface area contributed by atoms with Gasteiger partial charge >= 0.3 is 0 Å². The number of nitrogens with zero attached hydrogens (tertiary/aromatic N) is 2. The molecule has 152 valence electrons. The van der Waals surface area contributed by atoms with Crippen molar-refractivity contribution < 1.29 is 22.7 Å². The molecule has 0 aliphatic carbocycles. The van der Waals surface area contributed by atoms with Gasteiger partial charge in [0.15, 0.2) is 21.3 Å². The average molecular weight is 407 g/mol. The van der Waals surface area contributed by atoms with Crippen LogP contribution < -0.4 is 14.8 Å². The number of rotatable bonds is 7. The van der Waals surface area contributed by atoms with Crippen molar-refractivity contribution in [2.45, 2.75) is 25.4 Å². The van der Waals surface area contributed by atoms with Gasteiger partial charge in [0.1, 0.15) is 11.6 Å². The fourth-order valence-corrected chi connectivity index (χ4v) is 4.81. The first-order valence-electron chi connectivity index (χ1n) is 8.77. The van der Waals surface area contributed by atoms with E-state index in [-0.39, 0.29) is 29.2 Å². The molecule has 1 amide bonds. The maximum absolute atomic E-state index is 12.5. The molecule has 0 radical (unpaired) electrons. The van der Waals surface area contributed by atoms with E-state index in [1.54, 1.807) is 44.2 Å². The number of sulfone groups is 1. The quantitative estimate of drug-likeness (QED) is 0.538. The van der Waals surface area contributed by atoms with E-state index in [1.165, 1.54) is 13.3 Å². The molecule has 1 saturated heterocycles. The lowest BCUT2D eigenvalue weighted by Gasteiger charge is -2.22. The van der Waals surface area contributed by atoms with Gasteiger partial charge in [-0.2, -0.15) is 5.26 Å². The highest BCUT2D eigenvalue weighted by atomic mass is 32.2. The van der Waals surface area contributed by atoms with Crippen molar-refractivity contribution in [1.82, 2.24) is 10.2 Å². The summed E-state index contributed by atoms with van der Waals surface area (Å²) in [6.45, 7) is 1.79. The minimum atomic E-state index is -3.05. The van der Waals surface area contributed by atoms with E-state index in [2.05, 4.69) is 5.32 Å². The number of carbonyl (C=O) groups is 1. The summed E-state index contributed by atoms with van der Waals surface area (Å²) in [6.07, 6.45) is 1.89. The molecule has 1 fully saturated rings. The van der Waals surface area contributed by atoms with Crippen LogP contribution in [0.1, 0.15) is 24.9 Å². The predicted molar refractivity (Wildman–Crippen MR) is 105 cm³/mol. The first kappa shape index (κ1) is 21.6. The molecule has 1 aliphatic rings. The maximum Gasteiger partial charge on any atom is 0.263 e. The minimum absolute atomic E-state index is 0.0301. The van der Waals surface area contributed by atoms with Crippen LogP contribution in [0.25, 0.3) is 0 Å². The number of methoxy groups -OCH3 is 2. The number of hydrogen-bond acceptors (Lipinski definition) is 7. The van der Waals surface area contributed by atoms with Crippen molar-refractivity contribution in [1.29, 1.82) is 5.26 Å². The Morgan fingerprint density at radius 3 is 2.57 bits per heavy atom. The molecule has 2 rings (SSSR count). The molecule has 0 bridgehead atoms. The van der Waals surface area contributed by atoms with E-state index >= 15 is 0 Å². The smallest absolute Gasteiger partial charge is 0.263 e. The predicted octanol–water partition coefficient (Wildman–Crippen LogP) is 1.41. The molecule has 1 aliphatic heterocycles. The van der Waals surface area contributed by atoms with Crippen molar-refractivity contribution in [3.8, 4) is 17.6 Å². The van der Waals surface area contributed by atoms with Gasteiger partial charge in [-0.1, -0.05) is 6.07 Å². The van der Waals surface area contributed by atoms with Crippen molar-refractivity contribution in [2.24, 2.45) is 0 Å². The van der Waals surface area contributed by atoms with Gasteiger partial charge in [0.2, 0.25) is 0 Å². The monoisotopic (exact) mass is 407 g/mol. The van der Waals surface area contributed by atoms with Crippen molar-refractivity contribution in [3.05, 3.63) is 35.5 Å². The summed E-state index contributed by atoms with van der Waals surface area (Å²) in [5.74, 6) is 0.746.